The summed E-state index contributed by atoms with van der Waals surface area (Å²) in [5, 5.41) is 0. The Balaban J connectivity index is -0.00000379. The maximum absolute atomic E-state index is 7.15. The molecule has 0 saturated carbocycles. The predicted octanol–water partition coefficient (Wildman–Crippen LogP) is 17.1. The molecule has 3 atom stereocenters. The van der Waals surface area contributed by atoms with Crippen molar-refractivity contribution in [2.45, 2.75) is 273 Å². The van der Waals surface area contributed by atoms with Crippen molar-refractivity contribution < 1.29 is 4.74 Å². The Kier molecular flexibility index (Phi) is 49.5. The summed E-state index contributed by atoms with van der Waals surface area (Å²) >= 11 is 0. The first-order chi connectivity index (χ1) is 25.5. The number of hydrogen-bond donors (Lipinski definition) is 0. The van der Waals surface area contributed by atoms with E-state index in [1.54, 1.807) is 0 Å². The fraction of sp³-hybridized carbons (Fsp3) is 0.920. The van der Waals surface area contributed by atoms with Gasteiger partial charge in [0, 0.05) is 12.8 Å². The monoisotopic (exact) mass is 732 g/mol. The smallest absolute Gasteiger partial charge is 0.0711 e. The molecule has 0 radical (unpaired) electrons. The molecule has 1 aliphatic rings. The molecule has 1 heterocycles. The molecule has 0 spiro atoms. The molecule has 1 rings (SSSR count). The van der Waals surface area contributed by atoms with Gasteiger partial charge in [-0.3, -0.25) is 0 Å². The maximum atomic E-state index is 7.15. The molecule has 3 unspecified atom stereocenters. The summed E-state index contributed by atoms with van der Waals surface area (Å²) in [6.45, 7) is 20.3. The van der Waals surface area contributed by atoms with Crippen LogP contribution in [0.15, 0.2) is 12.2 Å². The van der Waals surface area contributed by atoms with Crippen LogP contribution in [0.4, 0.5) is 0 Å². The highest BCUT2D eigenvalue weighted by Gasteiger charge is 2.41. The molecule has 0 bridgehead atoms. The highest BCUT2D eigenvalue weighted by atomic mass is 16.5. The number of rotatable bonds is 31. The minimum Gasteiger partial charge on any atom is -0.371 e. The Morgan fingerprint density at radius 3 is 1.38 bits per heavy atom. The summed E-state index contributed by atoms with van der Waals surface area (Å²) in [5.41, 5.74) is 0.128. The minimum absolute atomic E-state index is 0.128. The fourth-order valence-electron chi connectivity index (χ4n) is 7.44. The van der Waals surface area contributed by atoms with Crippen molar-refractivity contribution in [1.29, 1.82) is 0 Å². The minimum atomic E-state index is 0.128. The molecule has 0 aliphatic carbocycles. The van der Waals surface area contributed by atoms with Crippen LogP contribution in [0.5, 0.6) is 0 Å². The Labute approximate surface area is 332 Å². The molecular weight excluding hydrogens is 631 g/mol. The second-order valence-electron chi connectivity index (χ2n) is 15.3. The van der Waals surface area contributed by atoms with E-state index < -0.39 is 0 Å². The van der Waals surface area contributed by atoms with Crippen molar-refractivity contribution in [2.24, 2.45) is 5.92 Å². The van der Waals surface area contributed by atoms with Gasteiger partial charge in [-0.1, -0.05) is 184 Å². The van der Waals surface area contributed by atoms with E-state index in [1.807, 2.05) is 41.5 Å². The molecule has 2 heteroatoms. The lowest BCUT2D eigenvalue weighted by Crippen LogP contribution is -2.47. The van der Waals surface area contributed by atoms with E-state index in [0.717, 1.165) is 12.8 Å². The van der Waals surface area contributed by atoms with Crippen LogP contribution in [-0.4, -0.2) is 37.2 Å². The van der Waals surface area contributed by atoms with Crippen molar-refractivity contribution in [3.63, 3.8) is 0 Å². The molecule has 0 N–H and O–H groups in total. The first kappa shape index (κ1) is 55.6. The van der Waals surface area contributed by atoms with Gasteiger partial charge in [0.25, 0.3) is 0 Å². The third-order valence-corrected chi connectivity index (χ3v) is 10.6. The quantitative estimate of drug-likeness (QED) is 0.0400. The van der Waals surface area contributed by atoms with Gasteiger partial charge in [0.15, 0.2) is 0 Å². The molecule has 0 aromatic heterocycles. The summed E-state index contributed by atoms with van der Waals surface area (Å²) < 4.78 is 7.15. The molecular formula is C50H101NO. The molecule has 52 heavy (non-hydrogen) atoms. The van der Waals surface area contributed by atoms with Crippen LogP contribution in [-0.2, 0) is 4.74 Å². The maximum Gasteiger partial charge on any atom is 0.0711 e. The van der Waals surface area contributed by atoms with Gasteiger partial charge in [0.05, 0.1) is 11.7 Å². The van der Waals surface area contributed by atoms with Crippen LogP contribution in [0.2, 0.25) is 0 Å². The Morgan fingerprint density at radius 1 is 0.538 bits per heavy atom. The Hall–Kier alpha value is -0.780. The standard InChI is InChI=1S/C44H83NO.3C2H6/c1-6-8-10-12-14-16-18-20-22-24-26-28-30-32-34-40-44(42(3)37-38-43(46-44)36-35-41-45(4)5)39-33-31-29-27-25-23-21-19-17-15-13-11-9-7-2;3*1-2/h20,22,42-43H,6-18,23-41H2,1-5H3;3*1-2H3/b22-20-;;;. The second-order valence-corrected chi connectivity index (χ2v) is 15.3. The first-order valence-electron chi connectivity index (χ1n) is 24.0. The van der Waals surface area contributed by atoms with E-state index in [1.165, 1.54) is 193 Å². The zero-order valence-electron chi connectivity index (χ0n) is 38.3. The van der Waals surface area contributed by atoms with Crippen LogP contribution >= 0.6 is 0 Å². The van der Waals surface area contributed by atoms with Crippen LogP contribution in [0.1, 0.15) is 261 Å². The van der Waals surface area contributed by atoms with Crippen LogP contribution in [0.25, 0.3) is 0 Å². The number of ether oxygens (including phenoxy) is 1. The average Bonchev–Trinajstić information content (AvgIpc) is 3.17. The van der Waals surface area contributed by atoms with Gasteiger partial charge >= 0.3 is 0 Å². The SMILES string of the molecule is CC.CC.CC.CCCCCCCC#CCCCCCCCC1(CCCCCCC/C=C\CCCCCCCC)OC(CCCN(C)C)CCC1C. The molecule has 0 aromatic carbocycles. The molecule has 2 nitrogen and oxygen atoms in total. The fourth-order valence-corrected chi connectivity index (χ4v) is 7.44. The molecule has 0 aromatic rings. The average molecular weight is 732 g/mol. The first-order valence-corrected chi connectivity index (χ1v) is 24.0. The third kappa shape index (κ3) is 36.2. The Morgan fingerprint density at radius 2 is 0.942 bits per heavy atom. The second kappa shape index (κ2) is 46.4. The summed E-state index contributed by atoms with van der Waals surface area (Å²) in [5.74, 6) is 7.57. The third-order valence-electron chi connectivity index (χ3n) is 10.6. The molecule has 0 amide bonds. The normalized spacial score (nSPS) is 18.1. The predicted molar refractivity (Wildman–Crippen MR) is 241 cm³/mol. The van der Waals surface area contributed by atoms with Crippen LogP contribution in [0, 0.1) is 17.8 Å². The number of allylic oxidation sites excluding steroid dienone is 2. The number of nitrogens with zero attached hydrogens (tertiary/aromatic N) is 1. The summed E-state index contributed by atoms with van der Waals surface area (Å²) in [6, 6.07) is 0. The lowest BCUT2D eigenvalue weighted by atomic mass is 9.74. The van der Waals surface area contributed by atoms with Gasteiger partial charge in [0.1, 0.15) is 0 Å². The molecule has 1 saturated heterocycles. The highest BCUT2D eigenvalue weighted by molar-refractivity contribution is 4.98. The molecule has 1 fully saturated rings. The molecule has 1 aliphatic heterocycles. The van der Waals surface area contributed by atoms with E-state index in [9.17, 15) is 0 Å². The lowest BCUT2D eigenvalue weighted by Gasteiger charge is -2.47. The molecule has 312 valence electrons. The van der Waals surface area contributed by atoms with E-state index in [0.29, 0.717) is 12.0 Å². The summed E-state index contributed by atoms with van der Waals surface area (Å²) in [6.07, 6.45) is 46.6. The van der Waals surface area contributed by atoms with E-state index in [-0.39, 0.29) is 5.60 Å². The van der Waals surface area contributed by atoms with Crippen molar-refractivity contribution in [2.75, 3.05) is 20.6 Å². The zero-order valence-corrected chi connectivity index (χ0v) is 38.3. The van der Waals surface area contributed by atoms with Gasteiger partial charge < -0.3 is 9.64 Å². The van der Waals surface area contributed by atoms with Gasteiger partial charge in [-0.25, -0.2) is 0 Å². The highest BCUT2D eigenvalue weighted by Crippen LogP contribution is 2.43. The summed E-state index contributed by atoms with van der Waals surface area (Å²) in [7, 11) is 4.39. The van der Waals surface area contributed by atoms with Crippen LogP contribution < -0.4 is 0 Å². The van der Waals surface area contributed by atoms with Crippen molar-refractivity contribution in [3.05, 3.63) is 12.2 Å². The van der Waals surface area contributed by atoms with Crippen LogP contribution in [0.3, 0.4) is 0 Å². The van der Waals surface area contributed by atoms with E-state index >= 15 is 0 Å². The van der Waals surface area contributed by atoms with Crippen molar-refractivity contribution >= 4 is 0 Å². The van der Waals surface area contributed by atoms with Gasteiger partial charge in [-0.05, 0) is 104 Å². The van der Waals surface area contributed by atoms with Gasteiger partial charge in [-0.15, -0.1) is 11.8 Å². The Bertz CT molecular complexity index is 732. The van der Waals surface area contributed by atoms with E-state index in [4.69, 9.17) is 4.74 Å². The lowest BCUT2D eigenvalue weighted by molar-refractivity contribution is -0.170. The largest absolute Gasteiger partial charge is 0.371 e. The summed E-state index contributed by atoms with van der Waals surface area (Å²) in [4.78, 5) is 2.32. The van der Waals surface area contributed by atoms with Gasteiger partial charge in [-0.2, -0.15) is 0 Å². The van der Waals surface area contributed by atoms with Gasteiger partial charge in [0.2, 0.25) is 0 Å². The number of hydrogen-bond acceptors (Lipinski definition) is 2. The topological polar surface area (TPSA) is 12.5 Å². The zero-order chi connectivity index (χ0) is 39.4. The van der Waals surface area contributed by atoms with Crippen molar-refractivity contribution in [1.82, 2.24) is 4.90 Å². The van der Waals surface area contributed by atoms with E-state index in [2.05, 4.69) is 63.8 Å². The number of unbranched alkanes of at least 4 members (excludes halogenated alkanes) is 21. The van der Waals surface area contributed by atoms with Crippen molar-refractivity contribution in [3.8, 4) is 11.8 Å².